The monoisotopic (exact) mass is 456 g/mol. The summed E-state index contributed by atoms with van der Waals surface area (Å²) in [6.07, 6.45) is 5.37. The summed E-state index contributed by atoms with van der Waals surface area (Å²) in [5, 5.41) is 8.52. The molecular formula is C27H32N6O. The van der Waals surface area contributed by atoms with Crippen molar-refractivity contribution in [3.05, 3.63) is 58.5 Å². The van der Waals surface area contributed by atoms with E-state index in [9.17, 15) is 4.79 Å². The largest absolute Gasteiger partial charge is 0.383 e. The molecule has 1 aliphatic heterocycles. The Morgan fingerprint density at radius 3 is 2.47 bits per heavy atom. The first-order chi connectivity index (χ1) is 16.5. The Morgan fingerprint density at radius 2 is 1.76 bits per heavy atom. The molecule has 1 saturated heterocycles. The van der Waals surface area contributed by atoms with Gasteiger partial charge in [0.1, 0.15) is 11.5 Å². The summed E-state index contributed by atoms with van der Waals surface area (Å²) < 4.78 is 5.79. The Hall–Kier alpha value is -3.32. The van der Waals surface area contributed by atoms with Gasteiger partial charge in [-0.25, -0.2) is 9.48 Å². The molecule has 0 radical (unpaired) electrons. The van der Waals surface area contributed by atoms with E-state index in [1.165, 1.54) is 12.0 Å². The first-order valence-electron chi connectivity index (χ1n) is 12.4. The number of imidazole rings is 1. The van der Waals surface area contributed by atoms with Crippen molar-refractivity contribution >= 4 is 16.9 Å². The van der Waals surface area contributed by atoms with E-state index in [1.54, 1.807) is 4.57 Å². The van der Waals surface area contributed by atoms with Crippen molar-refractivity contribution < 1.29 is 0 Å². The molecule has 3 N–H and O–H groups in total. The van der Waals surface area contributed by atoms with Crippen molar-refractivity contribution in [3.63, 3.8) is 0 Å². The van der Waals surface area contributed by atoms with Crippen LogP contribution < -0.4 is 16.7 Å². The summed E-state index contributed by atoms with van der Waals surface area (Å²) in [4.78, 5) is 13.1. The Morgan fingerprint density at radius 1 is 0.971 bits per heavy atom. The van der Waals surface area contributed by atoms with Crippen molar-refractivity contribution in [2.75, 3.05) is 18.8 Å². The third-order valence-electron chi connectivity index (χ3n) is 7.71. The Bertz CT molecular complexity index is 1430. The lowest BCUT2D eigenvalue weighted by Crippen LogP contribution is -2.30. The molecule has 1 saturated carbocycles. The number of benzene rings is 2. The van der Waals surface area contributed by atoms with Crippen molar-refractivity contribution in [1.82, 2.24) is 24.2 Å². The van der Waals surface area contributed by atoms with Crippen LogP contribution in [0.3, 0.4) is 0 Å². The van der Waals surface area contributed by atoms with Crippen LogP contribution in [0.2, 0.25) is 0 Å². The standard InChI is InChI=1S/C27H32N6O/c1-17-5-3-6-19(15-17)25-24(26(28)33(30-25)21-11-13-29-14-12-21)18-9-10-22-23(16-18)31(2)27(34)32(22)20-7-4-8-20/h3,5-6,9-10,15-16,20-21,29H,4,7-8,11-14,28H2,1-2H3. The molecule has 3 heterocycles. The number of nitrogens with zero attached hydrogens (tertiary/aromatic N) is 4. The zero-order chi connectivity index (χ0) is 23.4. The van der Waals surface area contributed by atoms with Gasteiger partial charge >= 0.3 is 5.69 Å². The van der Waals surface area contributed by atoms with Gasteiger partial charge in [0.25, 0.3) is 0 Å². The van der Waals surface area contributed by atoms with E-state index in [0.29, 0.717) is 11.9 Å². The molecule has 6 rings (SSSR count). The summed E-state index contributed by atoms with van der Waals surface area (Å²) in [6.45, 7) is 4.05. The van der Waals surface area contributed by atoms with Crippen LogP contribution in [0, 0.1) is 6.92 Å². The number of hydrogen-bond donors (Lipinski definition) is 2. The third-order valence-corrected chi connectivity index (χ3v) is 7.71. The van der Waals surface area contributed by atoms with Gasteiger partial charge in [0.05, 0.1) is 22.6 Å². The summed E-state index contributed by atoms with van der Waals surface area (Å²) >= 11 is 0. The minimum Gasteiger partial charge on any atom is -0.383 e. The predicted octanol–water partition coefficient (Wildman–Crippen LogP) is 4.41. The van der Waals surface area contributed by atoms with E-state index in [1.807, 2.05) is 16.3 Å². The van der Waals surface area contributed by atoms with E-state index in [0.717, 1.165) is 72.2 Å². The van der Waals surface area contributed by atoms with Gasteiger partial charge in [0.2, 0.25) is 0 Å². The van der Waals surface area contributed by atoms with Gasteiger partial charge in [0.15, 0.2) is 0 Å². The molecular weight excluding hydrogens is 424 g/mol. The van der Waals surface area contributed by atoms with Crippen LogP contribution in [0.4, 0.5) is 5.82 Å². The molecule has 2 aromatic heterocycles. The van der Waals surface area contributed by atoms with Crippen LogP contribution in [0.15, 0.2) is 47.3 Å². The van der Waals surface area contributed by atoms with Gasteiger partial charge in [-0.15, -0.1) is 0 Å². The number of hydrogen-bond acceptors (Lipinski definition) is 4. The number of anilines is 1. The Labute approximate surface area is 199 Å². The maximum atomic E-state index is 13.1. The van der Waals surface area contributed by atoms with E-state index < -0.39 is 0 Å². The number of fused-ring (bicyclic) bond motifs is 1. The van der Waals surface area contributed by atoms with Crippen molar-refractivity contribution in [1.29, 1.82) is 0 Å². The van der Waals surface area contributed by atoms with Crippen LogP contribution in [0.5, 0.6) is 0 Å². The molecule has 2 fully saturated rings. The number of aryl methyl sites for hydroxylation is 2. The molecule has 7 nitrogen and oxygen atoms in total. The SMILES string of the molecule is Cc1cccc(-c2nn(C3CCNCC3)c(N)c2-c2ccc3c(c2)n(C)c(=O)n3C2CCC2)c1. The summed E-state index contributed by atoms with van der Waals surface area (Å²) in [7, 11) is 1.87. The third kappa shape index (κ3) is 3.29. The maximum Gasteiger partial charge on any atom is 0.329 e. The number of aromatic nitrogens is 4. The molecule has 4 aromatic rings. The lowest BCUT2D eigenvalue weighted by molar-refractivity contribution is 0.312. The number of nitrogens with two attached hydrogens (primary N) is 1. The second-order valence-corrected chi connectivity index (χ2v) is 9.90. The molecule has 1 aliphatic carbocycles. The zero-order valence-electron chi connectivity index (χ0n) is 19.9. The second-order valence-electron chi connectivity index (χ2n) is 9.90. The van der Waals surface area contributed by atoms with Crippen LogP contribution in [0.25, 0.3) is 33.4 Å². The molecule has 7 heteroatoms. The molecule has 2 aromatic carbocycles. The Kier molecular flexibility index (Phi) is 5.10. The average molecular weight is 457 g/mol. The highest BCUT2D eigenvalue weighted by molar-refractivity contribution is 5.92. The van der Waals surface area contributed by atoms with Crippen molar-refractivity contribution in [2.24, 2.45) is 7.05 Å². The van der Waals surface area contributed by atoms with E-state index >= 15 is 0 Å². The quantitative estimate of drug-likeness (QED) is 0.477. The van der Waals surface area contributed by atoms with Crippen LogP contribution in [-0.2, 0) is 7.05 Å². The summed E-state index contributed by atoms with van der Waals surface area (Å²) in [6, 6.07) is 15.4. The van der Waals surface area contributed by atoms with Crippen molar-refractivity contribution in [2.45, 2.75) is 51.1 Å². The second kappa shape index (κ2) is 8.17. The fraction of sp³-hybridized carbons (Fsp3) is 0.407. The van der Waals surface area contributed by atoms with E-state index in [4.69, 9.17) is 10.8 Å². The van der Waals surface area contributed by atoms with E-state index in [2.05, 4.69) is 54.7 Å². The molecule has 0 bridgehead atoms. The first-order valence-corrected chi connectivity index (χ1v) is 12.4. The van der Waals surface area contributed by atoms with Gasteiger partial charge in [-0.05, 0) is 75.9 Å². The summed E-state index contributed by atoms with van der Waals surface area (Å²) in [5.41, 5.74) is 14.0. The van der Waals surface area contributed by atoms with Gasteiger partial charge in [-0.2, -0.15) is 5.10 Å². The van der Waals surface area contributed by atoms with E-state index in [-0.39, 0.29) is 11.7 Å². The van der Waals surface area contributed by atoms with Crippen molar-refractivity contribution in [3.8, 4) is 22.4 Å². The Balaban J connectivity index is 1.55. The number of rotatable bonds is 4. The molecule has 0 spiro atoms. The van der Waals surface area contributed by atoms with Gasteiger partial charge in [0, 0.05) is 18.7 Å². The number of nitrogen functional groups attached to an aromatic ring is 1. The molecule has 176 valence electrons. The highest BCUT2D eigenvalue weighted by atomic mass is 16.1. The molecule has 34 heavy (non-hydrogen) atoms. The van der Waals surface area contributed by atoms with Gasteiger partial charge in [-0.1, -0.05) is 29.8 Å². The summed E-state index contributed by atoms with van der Waals surface area (Å²) in [5.74, 6) is 0.700. The van der Waals surface area contributed by atoms with Gasteiger partial charge < -0.3 is 11.1 Å². The highest BCUT2D eigenvalue weighted by Gasteiger charge is 2.27. The maximum absolute atomic E-state index is 13.1. The minimum absolute atomic E-state index is 0.0640. The average Bonchev–Trinajstić information content (AvgIpc) is 3.28. The minimum atomic E-state index is 0.0640. The fourth-order valence-electron chi connectivity index (χ4n) is 5.57. The molecule has 0 atom stereocenters. The zero-order valence-corrected chi connectivity index (χ0v) is 19.9. The molecule has 0 amide bonds. The van der Waals surface area contributed by atoms with Crippen LogP contribution in [0.1, 0.15) is 49.8 Å². The van der Waals surface area contributed by atoms with Gasteiger partial charge in [-0.3, -0.25) is 9.13 Å². The lowest BCUT2D eigenvalue weighted by atomic mass is 9.92. The predicted molar refractivity (Wildman–Crippen MR) is 137 cm³/mol. The topological polar surface area (TPSA) is 82.8 Å². The molecule has 2 aliphatic rings. The van der Waals surface area contributed by atoms with Crippen LogP contribution in [-0.4, -0.2) is 32.0 Å². The fourth-order valence-corrected chi connectivity index (χ4v) is 5.57. The molecule has 0 unspecified atom stereocenters. The highest BCUT2D eigenvalue weighted by Crippen LogP contribution is 2.40. The number of nitrogens with one attached hydrogen (secondary N) is 1. The number of piperidine rings is 1. The lowest BCUT2D eigenvalue weighted by Gasteiger charge is -2.26. The smallest absolute Gasteiger partial charge is 0.329 e. The first kappa shape index (κ1) is 21.2. The normalized spacial score (nSPS) is 17.4. The van der Waals surface area contributed by atoms with Crippen LogP contribution >= 0.6 is 0 Å².